The number of nitrogens with zero attached hydrogens (tertiary/aromatic N) is 4. The molecular formula is C23H22N4O2. The molecule has 0 amide bonds. The zero-order chi connectivity index (χ0) is 19.6. The Hall–Kier alpha value is -3.25. The van der Waals surface area contributed by atoms with E-state index in [0.29, 0.717) is 5.82 Å². The molecule has 0 radical (unpaired) electrons. The van der Waals surface area contributed by atoms with Crippen molar-refractivity contribution in [2.75, 3.05) is 13.7 Å². The zero-order valence-corrected chi connectivity index (χ0v) is 16.3. The van der Waals surface area contributed by atoms with Crippen molar-refractivity contribution >= 4 is 11.2 Å². The van der Waals surface area contributed by atoms with Crippen molar-refractivity contribution in [2.24, 2.45) is 0 Å². The average molecular weight is 386 g/mol. The first-order valence-corrected chi connectivity index (χ1v) is 9.89. The molecule has 0 N–H and O–H groups in total. The highest BCUT2D eigenvalue weighted by molar-refractivity contribution is 5.89. The molecule has 1 aliphatic rings. The van der Waals surface area contributed by atoms with E-state index in [9.17, 15) is 0 Å². The minimum absolute atomic E-state index is 0.0315. The fourth-order valence-electron chi connectivity index (χ4n) is 3.74. The Bertz CT molecular complexity index is 1120. The van der Waals surface area contributed by atoms with Gasteiger partial charge in [0.25, 0.3) is 0 Å². The van der Waals surface area contributed by atoms with E-state index >= 15 is 0 Å². The first-order valence-electron chi connectivity index (χ1n) is 9.89. The number of benzene rings is 2. The third kappa shape index (κ3) is 3.36. The van der Waals surface area contributed by atoms with E-state index in [2.05, 4.69) is 21.7 Å². The van der Waals surface area contributed by atoms with Crippen LogP contribution < -0.4 is 4.74 Å². The predicted molar refractivity (Wildman–Crippen MR) is 112 cm³/mol. The number of hydrogen-bond acceptors (Lipinski definition) is 5. The largest absolute Gasteiger partial charge is 0.497 e. The number of methoxy groups -OCH3 is 1. The summed E-state index contributed by atoms with van der Waals surface area (Å²) < 4.78 is 13.3. The topological polar surface area (TPSA) is 62.1 Å². The summed E-state index contributed by atoms with van der Waals surface area (Å²) >= 11 is 0. The third-order valence-corrected chi connectivity index (χ3v) is 5.28. The van der Waals surface area contributed by atoms with Crippen molar-refractivity contribution in [1.82, 2.24) is 19.5 Å². The maximum atomic E-state index is 6.00. The van der Waals surface area contributed by atoms with Crippen LogP contribution in [0.3, 0.4) is 0 Å². The molecule has 1 atom stereocenters. The molecule has 3 heterocycles. The summed E-state index contributed by atoms with van der Waals surface area (Å²) in [7, 11) is 1.66. The molecule has 1 fully saturated rings. The average Bonchev–Trinajstić information content (AvgIpc) is 3.24. The van der Waals surface area contributed by atoms with Gasteiger partial charge in [-0.25, -0.2) is 15.0 Å². The normalized spacial score (nSPS) is 16.8. The highest BCUT2D eigenvalue weighted by Crippen LogP contribution is 2.32. The predicted octanol–water partition coefficient (Wildman–Crippen LogP) is 4.87. The summed E-state index contributed by atoms with van der Waals surface area (Å²) in [4.78, 5) is 14.4. The highest BCUT2D eigenvalue weighted by atomic mass is 16.5. The van der Waals surface area contributed by atoms with E-state index < -0.39 is 0 Å². The van der Waals surface area contributed by atoms with Crippen LogP contribution in [0, 0.1) is 0 Å². The van der Waals surface area contributed by atoms with Crippen LogP contribution in [-0.4, -0.2) is 33.2 Å². The quantitative estimate of drug-likeness (QED) is 0.501. The van der Waals surface area contributed by atoms with Gasteiger partial charge in [0.2, 0.25) is 0 Å². The second-order valence-electron chi connectivity index (χ2n) is 7.14. The third-order valence-electron chi connectivity index (χ3n) is 5.28. The molecule has 1 unspecified atom stereocenters. The van der Waals surface area contributed by atoms with Gasteiger partial charge in [0, 0.05) is 17.7 Å². The number of rotatable bonds is 4. The van der Waals surface area contributed by atoms with E-state index in [0.717, 1.165) is 59.6 Å². The Morgan fingerprint density at radius 1 is 0.966 bits per heavy atom. The van der Waals surface area contributed by atoms with Crippen molar-refractivity contribution in [2.45, 2.75) is 25.5 Å². The Labute approximate surface area is 169 Å². The molecule has 5 rings (SSSR count). The maximum absolute atomic E-state index is 6.00. The minimum Gasteiger partial charge on any atom is -0.497 e. The second kappa shape index (κ2) is 7.64. The molecular weight excluding hydrogens is 364 g/mol. The molecule has 1 aliphatic heterocycles. The summed E-state index contributed by atoms with van der Waals surface area (Å²) in [6.45, 7) is 0.770. The lowest BCUT2D eigenvalue weighted by atomic mass is 10.1. The van der Waals surface area contributed by atoms with Crippen LogP contribution in [0.25, 0.3) is 33.8 Å². The molecule has 2 aromatic carbocycles. The first kappa shape index (κ1) is 17.8. The molecule has 2 aromatic heterocycles. The zero-order valence-electron chi connectivity index (χ0n) is 16.3. The van der Waals surface area contributed by atoms with Gasteiger partial charge in [0.1, 0.15) is 23.2 Å². The fourth-order valence-corrected chi connectivity index (χ4v) is 3.74. The number of aromatic nitrogens is 4. The fraction of sp³-hybridized carbons (Fsp3) is 0.261. The lowest BCUT2D eigenvalue weighted by Crippen LogP contribution is -2.17. The van der Waals surface area contributed by atoms with Crippen LogP contribution in [0.15, 0.2) is 60.9 Å². The van der Waals surface area contributed by atoms with Crippen molar-refractivity contribution in [1.29, 1.82) is 0 Å². The van der Waals surface area contributed by atoms with Crippen molar-refractivity contribution in [3.05, 3.63) is 60.9 Å². The van der Waals surface area contributed by atoms with Gasteiger partial charge < -0.3 is 9.47 Å². The van der Waals surface area contributed by atoms with Gasteiger partial charge in [-0.3, -0.25) is 4.57 Å². The molecule has 146 valence electrons. The van der Waals surface area contributed by atoms with Crippen LogP contribution in [0.2, 0.25) is 0 Å². The smallest absolute Gasteiger partial charge is 0.166 e. The summed E-state index contributed by atoms with van der Waals surface area (Å²) in [5.74, 6) is 1.47. The molecule has 0 bridgehead atoms. The number of hydrogen-bond donors (Lipinski definition) is 0. The molecule has 0 spiro atoms. The summed E-state index contributed by atoms with van der Waals surface area (Å²) in [6.07, 6.45) is 5.01. The second-order valence-corrected chi connectivity index (χ2v) is 7.14. The van der Waals surface area contributed by atoms with Crippen molar-refractivity contribution in [3.63, 3.8) is 0 Å². The number of ether oxygens (including phenoxy) is 2. The first-order chi connectivity index (χ1) is 14.3. The molecule has 6 nitrogen and oxygen atoms in total. The van der Waals surface area contributed by atoms with Crippen LogP contribution in [0.4, 0.5) is 0 Å². The van der Waals surface area contributed by atoms with E-state index in [4.69, 9.17) is 19.4 Å². The van der Waals surface area contributed by atoms with E-state index in [-0.39, 0.29) is 6.23 Å². The van der Waals surface area contributed by atoms with Crippen LogP contribution >= 0.6 is 0 Å². The monoisotopic (exact) mass is 386 g/mol. The van der Waals surface area contributed by atoms with Gasteiger partial charge in [-0.05, 0) is 43.5 Å². The maximum Gasteiger partial charge on any atom is 0.166 e. The molecule has 4 aromatic rings. The molecule has 6 heteroatoms. The lowest BCUT2D eigenvalue weighted by molar-refractivity contribution is -0.0298. The molecule has 29 heavy (non-hydrogen) atoms. The lowest BCUT2D eigenvalue weighted by Gasteiger charge is -2.23. The molecule has 0 saturated carbocycles. The van der Waals surface area contributed by atoms with Gasteiger partial charge in [-0.2, -0.15) is 0 Å². The summed E-state index contributed by atoms with van der Waals surface area (Å²) in [5, 5.41) is 0. The Morgan fingerprint density at radius 2 is 1.79 bits per heavy atom. The van der Waals surface area contributed by atoms with Gasteiger partial charge in [0.15, 0.2) is 11.5 Å². The van der Waals surface area contributed by atoms with Crippen LogP contribution in [-0.2, 0) is 4.74 Å². The number of imidazole rings is 1. The van der Waals surface area contributed by atoms with Gasteiger partial charge in [0.05, 0.1) is 13.4 Å². The van der Waals surface area contributed by atoms with Crippen LogP contribution in [0.1, 0.15) is 25.5 Å². The van der Waals surface area contributed by atoms with E-state index in [1.54, 1.807) is 7.11 Å². The van der Waals surface area contributed by atoms with Crippen LogP contribution in [0.5, 0.6) is 5.75 Å². The Balaban J connectivity index is 1.70. The summed E-state index contributed by atoms with van der Waals surface area (Å²) in [6, 6.07) is 17.9. The SMILES string of the molecule is COc1ccc(-c2nc(-c3ccccc3)c3ncn(C4CCCCO4)c3n2)cc1. The van der Waals surface area contributed by atoms with Crippen molar-refractivity contribution in [3.8, 4) is 28.4 Å². The Kier molecular flexibility index (Phi) is 4.69. The van der Waals surface area contributed by atoms with Gasteiger partial charge >= 0.3 is 0 Å². The number of fused-ring (bicyclic) bond motifs is 1. The van der Waals surface area contributed by atoms with Gasteiger partial charge in [-0.15, -0.1) is 0 Å². The van der Waals surface area contributed by atoms with E-state index in [1.807, 2.05) is 48.8 Å². The highest BCUT2D eigenvalue weighted by Gasteiger charge is 2.22. The van der Waals surface area contributed by atoms with E-state index in [1.165, 1.54) is 0 Å². The standard InChI is InChI=1S/C23H22N4O2/c1-28-18-12-10-17(11-13-18)22-25-20(16-7-3-2-4-8-16)21-23(26-22)27(15-24-21)19-9-5-6-14-29-19/h2-4,7-8,10-13,15,19H,5-6,9,14H2,1H3. The molecule has 0 aliphatic carbocycles. The Morgan fingerprint density at radius 3 is 2.52 bits per heavy atom. The van der Waals surface area contributed by atoms with Crippen molar-refractivity contribution < 1.29 is 9.47 Å². The van der Waals surface area contributed by atoms with Gasteiger partial charge in [-0.1, -0.05) is 30.3 Å². The molecule has 1 saturated heterocycles. The summed E-state index contributed by atoms with van der Waals surface area (Å²) in [5.41, 5.74) is 4.38. The minimum atomic E-state index is -0.0315.